The molecule has 1 amide bonds. The summed E-state index contributed by atoms with van der Waals surface area (Å²) in [6.07, 6.45) is 0.821. The predicted octanol–water partition coefficient (Wildman–Crippen LogP) is 0.995. The van der Waals surface area contributed by atoms with E-state index in [1.54, 1.807) is 24.3 Å². The van der Waals surface area contributed by atoms with Gasteiger partial charge >= 0.3 is 0 Å². The zero-order valence-corrected chi connectivity index (χ0v) is 12.2. The predicted molar refractivity (Wildman–Crippen MR) is 79.8 cm³/mol. The maximum absolute atomic E-state index is 11.8. The molecule has 0 aromatic heterocycles. The third-order valence-corrected chi connectivity index (χ3v) is 3.40. The Morgan fingerprint density at radius 2 is 2.20 bits per heavy atom. The molecule has 1 heterocycles. The molecule has 1 aromatic rings. The van der Waals surface area contributed by atoms with Crippen LogP contribution in [0.25, 0.3) is 0 Å². The normalized spacial score (nSPS) is 21.4. The van der Waals surface area contributed by atoms with Crippen molar-refractivity contribution in [2.45, 2.75) is 18.9 Å². The van der Waals surface area contributed by atoms with Crippen molar-refractivity contribution in [1.82, 2.24) is 5.32 Å². The van der Waals surface area contributed by atoms with E-state index in [4.69, 9.17) is 27.4 Å². The largest absolute Gasteiger partial charge is 0.484 e. The highest BCUT2D eigenvalue weighted by atomic mass is 32.1. The van der Waals surface area contributed by atoms with E-state index in [0.717, 1.165) is 12.0 Å². The van der Waals surface area contributed by atoms with Crippen molar-refractivity contribution >= 4 is 23.1 Å². The van der Waals surface area contributed by atoms with Crippen LogP contribution < -0.4 is 15.8 Å². The summed E-state index contributed by atoms with van der Waals surface area (Å²) in [5.41, 5.74) is 6.00. The molecule has 1 fully saturated rings. The first-order valence-corrected chi connectivity index (χ1v) is 6.81. The molecule has 1 aliphatic heterocycles. The van der Waals surface area contributed by atoms with Gasteiger partial charge < -0.3 is 20.5 Å². The number of nitrogens with two attached hydrogens (primary N) is 1. The SMILES string of the molecule is CC1(NC(=O)COc2ccc(C(N)=S)cc2)CCOC1. The first-order chi connectivity index (χ1) is 9.48. The van der Waals surface area contributed by atoms with Crippen LogP contribution in [-0.2, 0) is 9.53 Å². The number of hydrogen-bond acceptors (Lipinski definition) is 4. The minimum atomic E-state index is -0.282. The Balaban J connectivity index is 1.82. The second kappa shape index (κ2) is 6.19. The molecule has 0 radical (unpaired) electrons. The molecular weight excluding hydrogens is 276 g/mol. The molecule has 6 heteroatoms. The van der Waals surface area contributed by atoms with E-state index in [1.807, 2.05) is 6.92 Å². The topological polar surface area (TPSA) is 73.6 Å². The average molecular weight is 294 g/mol. The van der Waals surface area contributed by atoms with E-state index in [-0.39, 0.29) is 18.1 Å². The van der Waals surface area contributed by atoms with Gasteiger partial charge in [0.05, 0.1) is 12.1 Å². The Labute approximate surface area is 123 Å². The number of amides is 1. The average Bonchev–Trinajstić information content (AvgIpc) is 2.83. The number of benzene rings is 1. The first kappa shape index (κ1) is 14.7. The highest BCUT2D eigenvalue weighted by Gasteiger charge is 2.31. The second-order valence-corrected chi connectivity index (χ2v) is 5.53. The fourth-order valence-corrected chi connectivity index (χ4v) is 2.14. The van der Waals surface area contributed by atoms with E-state index in [0.29, 0.717) is 24.0 Å². The van der Waals surface area contributed by atoms with E-state index in [9.17, 15) is 4.79 Å². The Hall–Kier alpha value is -1.66. The lowest BCUT2D eigenvalue weighted by atomic mass is 10.0. The Bertz CT molecular complexity index is 496. The van der Waals surface area contributed by atoms with Gasteiger partial charge in [-0.15, -0.1) is 0 Å². The third-order valence-electron chi connectivity index (χ3n) is 3.17. The lowest BCUT2D eigenvalue weighted by Crippen LogP contribution is -2.48. The van der Waals surface area contributed by atoms with E-state index < -0.39 is 0 Å². The van der Waals surface area contributed by atoms with Crippen molar-refractivity contribution < 1.29 is 14.3 Å². The maximum Gasteiger partial charge on any atom is 0.258 e. The maximum atomic E-state index is 11.8. The van der Waals surface area contributed by atoms with Crippen LogP contribution in [0, 0.1) is 0 Å². The molecule has 2 rings (SSSR count). The Kier molecular flexibility index (Phi) is 4.57. The quantitative estimate of drug-likeness (QED) is 0.792. The summed E-state index contributed by atoms with van der Waals surface area (Å²) < 4.78 is 10.7. The van der Waals surface area contributed by atoms with Crippen molar-refractivity contribution in [3.05, 3.63) is 29.8 Å². The van der Waals surface area contributed by atoms with Crippen LogP contribution in [0.3, 0.4) is 0 Å². The van der Waals surface area contributed by atoms with Crippen molar-refractivity contribution in [3.63, 3.8) is 0 Å². The zero-order valence-electron chi connectivity index (χ0n) is 11.3. The van der Waals surface area contributed by atoms with Crippen molar-refractivity contribution in [3.8, 4) is 5.75 Å². The van der Waals surface area contributed by atoms with Gasteiger partial charge in [0.15, 0.2) is 6.61 Å². The minimum Gasteiger partial charge on any atom is -0.484 e. The van der Waals surface area contributed by atoms with Crippen LogP contribution in [0.4, 0.5) is 0 Å². The number of thiocarbonyl (C=S) groups is 1. The molecule has 1 saturated heterocycles. The summed E-state index contributed by atoms with van der Waals surface area (Å²) in [7, 11) is 0. The van der Waals surface area contributed by atoms with Crippen LogP contribution in [0.15, 0.2) is 24.3 Å². The molecule has 0 aliphatic carbocycles. The highest BCUT2D eigenvalue weighted by molar-refractivity contribution is 7.80. The number of rotatable bonds is 5. The lowest BCUT2D eigenvalue weighted by molar-refractivity contribution is -0.124. The summed E-state index contributed by atoms with van der Waals surface area (Å²) in [6, 6.07) is 7.01. The minimum absolute atomic E-state index is 0.0258. The van der Waals surface area contributed by atoms with Crippen LogP contribution in [0.2, 0.25) is 0 Å². The molecule has 20 heavy (non-hydrogen) atoms. The van der Waals surface area contributed by atoms with Gasteiger partial charge in [0.25, 0.3) is 5.91 Å². The molecule has 3 N–H and O–H groups in total. The fourth-order valence-electron chi connectivity index (χ4n) is 2.00. The summed E-state index contributed by atoms with van der Waals surface area (Å²) >= 11 is 4.86. The molecule has 108 valence electrons. The van der Waals surface area contributed by atoms with E-state index in [2.05, 4.69) is 5.32 Å². The molecule has 1 atom stereocenters. The lowest BCUT2D eigenvalue weighted by Gasteiger charge is -2.23. The summed E-state index contributed by atoms with van der Waals surface area (Å²) in [6.45, 7) is 3.16. The highest BCUT2D eigenvalue weighted by Crippen LogP contribution is 2.17. The van der Waals surface area contributed by atoms with Crippen LogP contribution in [0.1, 0.15) is 18.9 Å². The van der Waals surface area contributed by atoms with Crippen LogP contribution in [0.5, 0.6) is 5.75 Å². The third kappa shape index (κ3) is 3.91. The van der Waals surface area contributed by atoms with Crippen LogP contribution in [-0.4, -0.2) is 36.3 Å². The van der Waals surface area contributed by atoms with Gasteiger partial charge in [-0.25, -0.2) is 0 Å². The van der Waals surface area contributed by atoms with Gasteiger partial charge in [0.2, 0.25) is 0 Å². The van der Waals surface area contributed by atoms with Crippen molar-refractivity contribution in [2.24, 2.45) is 5.73 Å². The molecule has 0 spiro atoms. The molecular formula is C14H18N2O3S. The molecule has 1 aromatic carbocycles. The fraction of sp³-hybridized carbons (Fsp3) is 0.429. The van der Waals surface area contributed by atoms with Gasteiger partial charge in [-0.05, 0) is 37.6 Å². The number of carbonyl (C=O) groups excluding carboxylic acids is 1. The molecule has 0 saturated carbocycles. The van der Waals surface area contributed by atoms with Crippen molar-refractivity contribution in [2.75, 3.05) is 19.8 Å². The molecule has 0 bridgehead atoms. The zero-order chi connectivity index (χ0) is 14.6. The Morgan fingerprint density at radius 1 is 1.50 bits per heavy atom. The molecule has 1 aliphatic rings. The van der Waals surface area contributed by atoms with E-state index >= 15 is 0 Å². The standard InChI is InChI=1S/C14H18N2O3S/c1-14(6-7-18-9-14)16-12(17)8-19-11-4-2-10(3-5-11)13(15)20/h2-5H,6-9H2,1H3,(H2,15,20)(H,16,17). The van der Waals surface area contributed by atoms with E-state index in [1.165, 1.54) is 0 Å². The monoisotopic (exact) mass is 294 g/mol. The number of nitrogens with one attached hydrogen (secondary N) is 1. The van der Waals surface area contributed by atoms with Gasteiger partial charge in [-0.3, -0.25) is 4.79 Å². The van der Waals surface area contributed by atoms with Gasteiger partial charge in [0, 0.05) is 12.2 Å². The smallest absolute Gasteiger partial charge is 0.258 e. The molecule has 5 nitrogen and oxygen atoms in total. The second-order valence-electron chi connectivity index (χ2n) is 5.09. The number of ether oxygens (including phenoxy) is 2. The Morgan fingerprint density at radius 3 is 2.75 bits per heavy atom. The first-order valence-electron chi connectivity index (χ1n) is 6.40. The summed E-state index contributed by atoms with van der Waals surface area (Å²) in [5, 5.41) is 2.93. The van der Waals surface area contributed by atoms with Crippen LogP contribution >= 0.6 is 12.2 Å². The van der Waals surface area contributed by atoms with Crippen molar-refractivity contribution in [1.29, 1.82) is 0 Å². The van der Waals surface area contributed by atoms with Gasteiger partial charge in [0.1, 0.15) is 10.7 Å². The molecule has 1 unspecified atom stereocenters. The van der Waals surface area contributed by atoms with Gasteiger partial charge in [-0.1, -0.05) is 12.2 Å². The summed E-state index contributed by atoms with van der Waals surface area (Å²) in [4.78, 5) is 12.2. The number of carbonyl (C=O) groups is 1. The number of hydrogen-bond donors (Lipinski definition) is 2. The van der Waals surface area contributed by atoms with Gasteiger partial charge in [-0.2, -0.15) is 0 Å². The summed E-state index contributed by atoms with van der Waals surface area (Å²) in [5.74, 6) is 0.449.